The van der Waals surface area contributed by atoms with E-state index in [0.29, 0.717) is 13.2 Å². The van der Waals surface area contributed by atoms with Crippen molar-refractivity contribution in [3.63, 3.8) is 0 Å². The van der Waals surface area contributed by atoms with E-state index in [9.17, 15) is 5.11 Å². The molecule has 2 aromatic rings. The molecule has 0 aliphatic carbocycles. The predicted molar refractivity (Wildman–Crippen MR) is 94.0 cm³/mol. The van der Waals surface area contributed by atoms with Gasteiger partial charge in [0, 0.05) is 25.8 Å². The minimum atomic E-state index is -0.463. The molecule has 0 spiro atoms. The van der Waals surface area contributed by atoms with E-state index in [-0.39, 0.29) is 6.10 Å². The molecule has 2 unspecified atom stereocenters. The van der Waals surface area contributed by atoms with E-state index in [1.54, 1.807) is 0 Å². The zero-order valence-corrected chi connectivity index (χ0v) is 14.8. The molecule has 24 heavy (non-hydrogen) atoms. The minimum absolute atomic E-state index is 0.116. The molecule has 1 N–H and O–H groups in total. The molecule has 1 aliphatic heterocycles. The Labute approximate surface area is 143 Å². The highest BCUT2D eigenvalue weighted by Crippen LogP contribution is 2.19. The Hall–Kier alpha value is -1.69. The summed E-state index contributed by atoms with van der Waals surface area (Å²) in [6.45, 7) is 9.99. The highest BCUT2D eigenvalue weighted by Gasteiger charge is 2.23. The molecule has 3 rings (SSSR count). The summed E-state index contributed by atoms with van der Waals surface area (Å²) < 4.78 is 7.79. The number of hydrogen-bond donors (Lipinski definition) is 1. The normalized spacial score (nSPS) is 20.2. The van der Waals surface area contributed by atoms with Gasteiger partial charge in [-0.25, -0.2) is 0 Å². The molecule has 130 valence electrons. The van der Waals surface area contributed by atoms with Gasteiger partial charge in [-0.15, -0.1) is 0 Å². The highest BCUT2D eigenvalue weighted by atomic mass is 16.5. The van der Waals surface area contributed by atoms with Crippen LogP contribution in [0.15, 0.2) is 30.6 Å². The van der Waals surface area contributed by atoms with Crippen LogP contribution < -0.4 is 0 Å². The number of aliphatic hydroxyl groups is 1. The first kappa shape index (κ1) is 17.1. The molecule has 0 saturated carbocycles. The van der Waals surface area contributed by atoms with Gasteiger partial charge in [-0.2, -0.15) is 5.10 Å². The Morgan fingerprint density at radius 3 is 2.83 bits per heavy atom. The summed E-state index contributed by atoms with van der Waals surface area (Å²) in [4.78, 5) is 2.28. The van der Waals surface area contributed by atoms with Crippen LogP contribution in [0.4, 0.5) is 0 Å². The van der Waals surface area contributed by atoms with Crippen LogP contribution in [0.3, 0.4) is 0 Å². The van der Waals surface area contributed by atoms with E-state index in [2.05, 4.69) is 36.0 Å². The molecule has 0 bridgehead atoms. The summed E-state index contributed by atoms with van der Waals surface area (Å²) in [6, 6.07) is 6.19. The molecule has 1 aromatic carbocycles. The lowest BCUT2D eigenvalue weighted by Crippen LogP contribution is -2.45. The SMILES string of the molecule is Cc1cnn(CC2CN(CC(O)c3ccc(C)c(C)c3)CCO2)c1. The number of morpholine rings is 1. The van der Waals surface area contributed by atoms with Crippen molar-refractivity contribution in [2.75, 3.05) is 26.2 Å². The van der Waals surface area contributed by atoms with Gasteiger partial charge in [0.15, 0.2) is 0 Å². The first-order valence-electron chi connectivity index (χ1n) is 8.59. The summed E-state index contributed by atoms with van der Waals surface area (Å²) >= 11 is 0. The molecule has 5 heteroatoms. The number of aryl methyl sites for hydroxylation is 3. The summed E-state index contributed by atoms with van der Waals surface area (Å²) in [5.41, 5.74) is 4.63. The molecule has 5 nitrogen and oxygen atoms in total. The van der Waals surface area contributed by atoms with Crippen LogP contribution in [0.2, 0.25) is 0 Å². The minimum Gasteiger partial charge on any atom is -0.387 e. The van der Waals surface area contributed by atoms with Crippen LogP contribution in [-0.4, -0.2) is 52.1 Å². The highest BCUT2D eigenvalue weighted by molar-refractivity contribution is 5.31. The molecule has 1 fully saturated rings. The maximum atomic E-state index is 10.6. The van der Waals surface area contributed by atoms with Crippen molar-refractivity contribution in [1.29, 1.82) is 0 Å². The molecule has 2 atom stereocenters. The zero-order valence-electron chi connectivity index (χ0n) is 14.8. The second-order valence-electron chi connectivity index (χ2n) is 6.85. The molecule has 1 saturated heterocycles. The van der Waals surface area contributed by atoms with Crippen molar-refractivity contribution in [3.8, 4) is 0 Å². The van der Waals surface area contributed by atoms with Crippen molar-refractivity contribution in [2.24, 2.45) is 0 Å². The fourth-order valence-corrected chi connectivity index (χ4v) is 3.15. The maximum absolute atomic E-state index is 10.6. The van der Waals surface area contributed by atoms with E-state index in [0.717, 1.165) is 30.8 Å². The average Bonchev–Trinajstić information content (AvgIpc) is 2.95. The van der Waals surface area contributed by atoms with Gasteiger partial charge in [0.2, 0.25) is 0 Å². The molecule has 1 aliphatic rings. The van der Waals surface area contributed by atoms with Crippen LogP contribution in [0, 0.1) is 20.8 Å². The standard InChI is InChI=1S/C19H27N3O2/c1-14-9-20-22(10-14)12-18-11-21(6-7-24-18)13-19(23)17-5-4-15(2)16(3)8-17/h4-5,8-10,18-19,23H,6-7,11-13H2,1-3H3. The van der Waals surface area contributed by atoms with Crippen LogP contribution in [0.1, 0.15) is 28.4 Å². The second-order valence-corrected chi connectivity index (χ2v) is 6.85. The Morgan fingerprint density at radius 2 is 2.12 bits per heavy atom. The predicted octanol–water partition coefficient (Wildman–Crippen LogP) is 2.24. The van der Waals surface area contributed by atoms with Crippen molar-refractivity contribution in [2.45, 2.75) is 39.5 Å². The van der Waals surface area contributed by atoms with E-state index < -0.39 is 6.10 Å². The smallest absolute Gasteiger partial charge is 0.0917 e. The largest absolute Gasteiger partial charge is 0.387 e. The number of ether oxygens (including phenoxy) is 1. The number of β-amino-alcohol motifs (C(OH)–C–C–N with tert-alkyl or cyclic N) is 1. The third-order valence-electron chi connectivity index (χ3n) is 4.72. The van der Waals surface area contributed by atoms with Crippen LogP contribution in [-0.2, 0) is 11.3 Å². The van der Waals surface area contributed by atoms with Gasteiger partial charge in [-0.1, -0.05) is 18.2 Å². The lowest BCUT2D eigenvalue weighted by Gasteiger charge is -2.34. The molecule has 2 heterocycles. The first-order chi connectivity index (χ1) is 11.5. The summed E-state index contributed by atoms with van der Waals surface area (Å²) in [6.07, 6.45) is 3.55. The molecule has 1 aromatic heterocycles. The summed E-state index contributed by atoms with van der Waals surface area (Å²) in [5.74, 6) is 0. The van der Waals surface area contributed by atoms with E-state index >= 15 is 0 Å². The van der Waals surface area contributed by atoms with Crippen molar-refractivity contribution in [3.05, 3.63) is 52.8 Å². The topological polar surface area (TPSA) is 50.5 Å². The lowest BCUT2D eigenvalue weighted by molar-refractivity contribution is -0.0486. The Morgan fingerprint density at radius 1 is 1.29 bits per heavy atom. The van der Waals surface area contributed by atoms with Crippen molar-refractivity contribution < 1.29 is 9.84 Å². The maximum Gasteiger partial charge on any atom is 0.0917 e. The van der Waals surface area contributed by atoms with Gasteiger partial charge in [-0.3, -0.25) is 9.58 Å². The van der Waals surface area contributed by atoms with Gasteiger partial charge in [-0.05, 0) is 43.0 Å². The van der Waals surface area contributed by atoms with E-state index in [4.69, 9.17) is 4.74 Å². The fourth-order valence-electron chi connectivity index (χ4n) is 3.15. The fraction of sp³-hybridized carbons (Fsp3) is 0.526. The number of aliphatic hydroxyl groups excluding tert-OH is 1. The van der Waals surface area contributed by atoms with Gasteiger partial charge in [0.25, 0.3) is 0 Å². The Kier molecular flexibility index (Phi) is 5.33. The molecule has 0 amide bonds. The summed E-state index contributed by atoms with van der Waals surface area (Å²) in [7, 11) is 0. The number of nitrogens with zero attached hydrogens (tertiary/aromatic N) is 3. The third-order valence-corrected chi connectivity index (χ3v) is 4.72. The van der Waals surface area contributed by atoms with Crippen LogP contribution in [0.5, 0.6) is 0 Å². The van der Waals surface area contributed by atoms with Gasteiger partial charge in [0.1, 0.15) is 0 Å². The van der Waals surface area contributed by atoms with Crippen molar-refractivity contribution in [1.82, 2.24) is 14.7 Å². The van der Waals surface area contributed by atoms with E-state index in [1.165, 1.54) is 11.1 Å². The van der Waals surface area contributed by atoms with Crippen LogP contribution >= 0.6 is 0 Å². The third kappa shape index (κ3) is 4.23. The van der Waals surface area contributed by atoms with Crippen molar-refractivity contribution >= 4 is 0 Å². The average molecular weight is 329 g/mol. The lowest BCUT2D eigenvalue weighted by atomic mass is 10.0. The number of benzene rings is 1. The molecule has 0 radical (unpaired) electrons. The Balaban J connectivity index is 1.57. The van der Waals surface area contributed by atoms with Gasteiger partial charge >= 0.3 is 0 Å². The number of aromatic nitrogens is 2. The molecular weight excluding hydrogens is 302 g/mol. The Bertz CT molecular complexity index is 683. The van der Waals surface area contributed by atoms with Gasteiger partial charge in [0.05, 0.1) is 31.6 Å². The van der Waals surface area contributed by atoms with Gasteiger partial charge < -0.3 is 9.84 Å². The zero-order chi connectivity index (χ0) is 17.1. The van der Waals surface area contributed by atoms with Crippen LogP contribution in [0.25, 0.3) is 0 Å². The monoisotopic (exact) mass is 329 g/mol. The first-order valence-corrected chi connectivity index (χ1v) is 8.59. The number of hydrogen-bond acceptors (Lipinski definition) is 4. The molecular formula is C19H27N3O2. The second kappa shape index (κ2) is 7.47. The number of rotatable bonds is 5. The quantitative estimate of drug-likeness (QED) is 0.914. The van der Waals surface area contributed by atoms with E-state index in [1.807, 2.05) is 30.1 Å². The summed E-state index contributed by atoms with van der Waals surface area (Å²) in [5, 5.41) is 14.9.